The average Bonchev–Trinajstić information content (AvgIpc) is 2.72. The SMILES string of the molecule is C=CC[C@@H](OCCO)[C@@H]1COc2c(F)ccc(F)c2[C@H]1S(=O)(=O)c1cc(F)cc(F)c1. The number of ether oxygens (including phenoxy) is 2. The second kappa shape index (κ2) is 9.37. The summed E-state index contributed by atoms with van der Waals surface area (Å²) in [5.74, 6) is -5.98. The third-order valence-corrected chi connectivity index (χ3v) is 7.13. The van der Waals surface area contributed by atoms with Gasteiger partial charge >= 0.3 is 0 Å². The molecule has 0 saturated heterocycles. The van der Waals surface area contributed by atoms with Crippen molar-refractivity contribution >= 4 is 9.84 Å². The zero-order valence-corrected chi connectivity index (χ0v) is 17.0. The van der Waals surface area contributed by atoms with Gasteiger partial charge in [-0.05, 0) is 30.7 Å². The van der Waals surface area contributed by atoms with Crippen LogP contribution in [0, 0.1) is 29.2 Å². The molecule has 0 radical (unpaired) electrons. The molecule has 3 rings (SSSR count). The van der Waals surface area contributed by atoms with E-state index in [1.165, 1.54) is 6.08 Å². The van der Waals surface area contributed by atoms with Gasteiger partial charge in [0.15, 0.2) is 21.4 Å². The molecule has 2 aromatic rings. The minimum Gasteiger partial charge on any atom is -0.490 e. The molecule has 0 unspecified atom stereocenters. The Labute approximate surface area is 176 Å². The molecule has 10 heteroatoms. The van der Waals surface area contributed by atoms with Crippen LogP contribution in [0.1, 0.15) is 17.2 Å². The number of halogens is 4. The lowest BCUT2D eigenvalue weighted by molar-refractivity contribution is -0.0223. The van der Waals surface area contributed by atoms with Gasteiger partial charge in [0.25, 0.3) is 0 Å². The fourth-order valence-corrected chi connectivity index (χ4v) is 5.79. The lowest BCUT2D eigenvalue weighted by Crippen LogP contribution is -2.41. The van der Waals surface area contributed by atoms with Crippen molar-refractivity contribution in [2.45, 2.75) is 22.7 Å². The Morgan fingerprint density at radius 3 is 2.42 bits per heavy atom. The van der Waals surface area contributed by atoms with Gasteiger partial charge in [0, 0.05) is 12.0 Å². The van der Waals surface area contributed by atoms with Crippen LogP contribution in [0.5, 0.6) is 5.75 Å². The van der Waals surface area contributed by atoms with Crippen LogP contribution in [0.2, 0.25) is 0 Å². The molecule has 0 aliphatic carbocycles. The Kier molecular flexibility index (Phi) is 7.03. The predicted molar refractivity (Wildman–Crippen MR) is 103 cm³/mol. The number of hydrogen-bond acceptors (Lipinski definition) is 5. The number of sulfone groups is 1. The van der Waals surface area contributed by atoms with E-state index in [4.69, 9.17) is 14.6 Å². The summed E-state index contributed by atoms with van der Waals surface area (Å²) < 4.78 is 94.6. The molecule has 0 spiro atoms. The lowest BCUT2D eigenvalue weighted by atomic mass is 9.89. The second-order valence-corrected chi connectivity index (χ2v) is 9.04. The first-order valence-electron chi connectivity index (χ1n) is 9.34. The van der Waals surface area contributed by atoms with Crippen molar-refractivity contribution in [3.63, 3.8) is 0 Å². The Morgan fingerprint density at radius 1 is 1.16 bits per heavy atom. The first-order valence-corrected chi connectivity index (χ1v) is 10.9. The van der Waals surface area contributed by atoms with Crippen molar-refractivity contribution < 1.29 is 40.6 Å². The number of aliphatic hydroxyl groups excluding tert-OH is 1. The highest BCUT2D eigenvalue weighted by Crippen LogP contribution is 2.47. The van der Waals surface area contributed by atoms with E-state index in [-0.39, 0.29) is 26.2 Å². The van der Waals surface area contributed by atoms with E-state index in [1.54, 1.807) is 0 Å². The molecule has 1 aliphatic rings. The Hall–Kier alpha value is -2.43. The number of hydrogen-bond donors (Lipinski definition) is 1. The second-order valence-electron chi connectivity index (χ2n) is 6.97. The van der Waals surface area contributed by atoms with E-state index in [1.807, 2.05) is 0 Å². The monoisotopic (exact) mass is 460 g/mol. The van der Waals surface area contributed by atoms with Gasteiger partial charge in [0.1, 0.15) is 22.7 Å². The van der Waals surface area contributed by atoms with E-state index in [9.17, 15) is 26.0 Å². The van der Waals surface area contributed by atoms with Crippen LogP contribution in [-0.4, -0.2) is 39.4 Å². The molecule has 2 aromatic carbocycles. The Morgan fingerprint density at radius 2 is 1.81 bits per heavy atom. The van der Waals surface area contributed by atoms with Crippen LogP contribution in [0.15, 0.2) is 47.9 Å². The molecule has 3 atom stereocenters. The van der Waals surface area contributed by atoms with E-state index in [0.29, 0.717) is 18.2 Å². The molecule has 1 aliphatic heterocycles. The fourth-order valence-electron chi connectivity index (χ4n) is 3.70. The molecule has 168 valence electrons. The zero-order chi connectivity index (χ0) is 22.8. The first-order chi connectivity index (χ1) is 14.7. The first kappa shape index (κ1) is 23.2. The highest BCUT2D eigenvalue weighted by molar-refractivity contribution is 7.91. The normalized spacial score (nSPS) is 19.4. The minimum absolute atomic E-state index is 0.101. The number of fused-ring (bicyclic) bond motifs is 1. The van der Waals surface area contributed by atoms with Crippen molar-refractivity contribution in [3.8, 4) is 5.75 Å². The quantitative estimate of drug-likeness (QED) is 0.480. The van der Waals surface area contributed by atoms with Crippen molar-refractivity contribution in [3.05, 3.63) is 71.8 Å². The van der Waals surface area contributed by atoms with Crippen molar-refractivity contribution in [1.29, 1.82) is 0 Å². The maximum Gasteiger partial charge on any atom is 0.186 e. The summed E-state index contributed by atoms with van der Waals surface area (Å²) in [7, 11) is -4.64. The molecule has 1 N–H and O–H groups in total. The Bertz CT molecular complexity index is 1050. The third-order valence-electron chi connectivity index (χ3n) is 4.99. The molecule has 0 saturated carbocycles. The maximum absolute atomic E-state index is 14.8. The summed E-state index contributed by atoms with van der Waals surface area (Å²) in [6.07, 6.45) is 0.619. The molecular formula is C21H20F4O5S. The maximum atomic E-state index is 14.8. The summed E-state index contributed by atoms with van der Waals surface area (Å²) >= 11 is 0. The molecule has 1 heterocycles. The van der Waals surface area contributed by atoms with E-state index in [0.717, 1.165) is 12.1 Å². The average molecular weight is 460 g/mol. The molecule has 0 aromatic heterocycles. The van der Waals surface area contributed by atoms with Gasteiger partial charge in [-0.3, -0.25) is 0 Å². The number of aliphatic hydroxyl groups is 1. The minimum atomic E-state index is -4.64. The van der Waals surface area contributed by atoms with E-state index < -0.39 is 66.6 Å². The number of benzene rings is 2. The van der Waals surface area contributed by atoms with E-state index >= 15 is 0 Å². The van der Waals surface area contributed by atoms with Crippen molar-refractivity contribution in [1.82, 2.24) is 0 Å². The summed E-state index contributed by atoms with van der Waals surface area (Å²) in [6, 6.07) is 3.27. The summed E-state index contributed by atoms with van der Waals surface area (Å²) in [5.41, 5.74) is -0.581. The van der Waals surface area contributed by atoms with Crippen LogP contribution in [0.3, 0.4) is 0 Å². The van der Waals surface area contributed by atoms with Gasteiger partial charge < -0.3 is 14.6 Å². The topological polar surface area (TPSA) is 72.8 Å². The van der Waals surface area contributed by atoms with Crippen LogP contribution in [-0.2, 0) is 14.6 Å². The van der Waals surface area contributed by atoms with Crippen LogP contribution < -0.4 is 4.74 Å². The summed E-state index contributed by atoms with van der Waals surface area (Å²) in [5, 5.41) is 7.32. The van der Waals surface area contributed by atoms with Gasteiger partial charge in [-0.1, -0.05) is 6.08 Å². The molecule has 5 nitrogen and oxygen atoms in total. The van der Waals surface area contributed by atoms with Gasteiger partial charge in [0.2, 0.25) is 0 Å². The zero-order valence-electron chi connectivity index (χ0n) is 16.2. The van der Waals surface area contributed by atoms with Crippen LogP contribution >= 0.6 is 0 Å². The van der Waals surface area contributed by atoms with Crippen LogP contribution in [0.4, 0.5) is 17.6 Å². The third kappa shape index (κ3) is 4.60. The summed E-state index contributed by atoms with van der Waals surface area (Å²) in [4.78, 5) is -0.726. The predicted octanol–water partition coefficient (Wildman–Crippen LogP) is 3.72. The lowest BCUT2D eigenvalue weighted by Gasteiger charge is -2.37. The Balaban J connectivity index is 2.23. The molecule has 0 amide bonds. The van der Waals surface area contributed by atoms with Gasteiger partial charge in [-0.25, -0.2) is 26.0 Å². The molecule has 31 heavy (non-hydrogen) atoms. The standard InChI is InChI=1S/C21H20F4O5S/c1-2-3-18(29-7-6-26)15-11-30-20-17(25)5-4-16(24)19(20)21(15)31(27,28)14-9-12(22)8-13(23)10-14/h2,4-5,8-10,15,18,21,26H,1,3,6-7,11H2/t15-,18+,21-/m0/s1. The highest BCUT2D eigenvalue weighted by atomic mass is 32.2. The molecule has 0 bridgehead atoms. The van der Waals surface area contributed by atoms with Crippen LogP contribution in [0.25, 0.3) is 0 Å². The summed E-state index contributed by atoms with van der Waals surface area (Å²) in [6.45, 7) is 2.68. The van der Waals surface area contributed by atoms with Crippen molar-refractivity contribution in [2.24, 2.45) is 5.92 Å². The smallest absolute Gasteiger partial charge is 0.186 e. The molecular weight excluding hydrogens is 440 g/mol. The number of rotatable bonds is 8. The van der Waals surface area contributed by atoms with E-state index in [2.05, 4.69) is 6.58 Å². The van der Waals surface area contributed by atoms with Gasteiger partial charge in [-0.15, -0.1) is 6.58 Å². The fraction of sp³-hybridized carbons (Fsp3) is 0.333. The largest absolute Gasteiger partial charge is 0.490 e. The van der Waals surface area contributed by atoms with Crippen molar-refractivity contribution in [2.75, 3.05) is 19.8 Å². The molecule has 0 fully saturated rings. The van der Waals surface area contributed by atoms with Gasteiger partial charge in [-0.2, -0.15) is 0 Å². The highest BCUT2D eigenvalue weighted by Gasteiger charge is 2.47. The van der Waals surface area contributed by atoms with Gasteiger partial charge in [0.05, 0.1) is 36.4 Å².